The summed E-state index contributed by atoms with van der Waals surface area (Å²) in [7, 11) is 0. The van der Waals surface area contributed by atoms with E-state index in [-0.39, 0.29) is 11.1 Å². The smallest absolute Gasteiger partial charge is 0.258 e. The molecule has 3 aromatic rings. The molecule has 1 amide bonds. The lowest BCUT2D eigenvalue weighted by Gasteiger charge is -2.08. The maximum Gasteiger partial charge on any atom is 0.258 e. The Labute approximate surface area is 133 Å². The van der Waals surface area contributed by atoms with Crippen molar-refractivity contribution in [3.8, 4) is 0 Å². The Bertz CT molecular complexity index is 835. The van der Waals surface area contributed by atoms with E-state index in [0.717, 1.165) is 4.47 Å². The van der Waals surface area contributed by atoms with Crippen molar-refractivity contribution < 1.29 is 4.79 Å². The number of carbonyl (C=O) groups excluding carboxylic acids is 1. The number of rotatable bonds is 2. The molecule has 2 heterocycles. The Balaban J connectivity index is 1.99. The van der Waals surface area contributed by atoms with Gasteiger partial charge in [-0.2, -0.15) is 0 Å². The highest BCUT2D eigenvalue weighted by atomic mass is 79.9. The third-order valence-electron chi connectivity index (χ3n) is 2.80. The van der Waals surface area contributed by atoms with Gasteiger partial charge < -0.3 is 5.32 Å². The summed E-state index contributed by atoms with van der Waals surface area (Å²) in [6, 6.07) is 6.93. The zero-order chi connectivity index (χ0) is 14.8. The van der Waals surface area contributed by atoms with Gasteiger partial charge in [0.1, 0.15) is 5.52 Å². The van der Waals surface area contributed by atoms with Crippen LogP contribution >= 0.6 is 27.5 Å². The molecule has 1 aromatic carbocycles. The lowest BCUT2D eigenvalue weighted by molar-refractivity contribution is 0.102. The number of fused-ring (bicyclic) bond motifs is 1. The minimum absolute atomic E-state index is 0.220. The first kappa shape index (κ1) is 13.9. The highest BCUT2D eigenvalue weighted by Crippen LogP contribution is 2.24. The molecule has 0 saturated heterocycles. The quantitative estimate of drug-likeness (QED) is 0.705. The average molecular weight is 364 g/mol. The SMILES string of the molecule is O=C(Nc1cc(Br)cnc1Cl)c1cccc2nccnc12. The number of amides is 1. The van der Waals surface area contributed by atoms with Crippen molar-refractivity contribution in [3.63, 3.8) is 0 Å². The normalized spacial score (nSPS) is 10.6. The van der Waals surface area contributed by atoms with E-state index in [9.17, 15) is 4.79 Å². The van der Waals surface area contributed by atoms with Gasteiger partial charge in [0.2, 0.25) is 0 Å². The number of aromatic nitrogens is 3. The first-order chi connectivity index (χ1) is 10.1. The Hall–Kier alpha value is -2.05. The molecule has 1 N–H and O–H groups in total. The van der Waals surface area contributed by atoms with E-state index in [2.05, 4.69) is 36.2 Å². The van der Waals surface area contributed by atoms with Gasteiger partial charge >= 0.3 is 0 Å². The lowest BCUT2D eigenvalue weighted by Crippen LogP contribution is -2.13. The van der Waals surface area contributed by atoms with E-state index in [0.29, 0.717) is 22.3 Å². The summed E-state index contributed by atoms with van der Waals surface area (Å²) >= 11 is 9.26. The number of anilines is 1. The number of carbonyl (C=O) groups is 1. The molecular formula is C14H8BrClN4O. The van der Waals surface area contributed by atoms with Crippen LogP contribution < -0.4 is 5.32 Å². The Kier molecular flexibility index (Phi) is 3.81. The number of halogens is 2. The van der Waals surface area contributed by atoms with Crippen LogP contribution in [0.2, 0.25) is 5.15 Å². The second-order valence-corrected chi connectivity index (χ2v) is 5.45. The summed E-state index contributed by atoms with van der Waals surface area (Å²) in [5, 5.41) is 2.95. The number of nitrogens with one attached hydrogen (secondary N) is 1. The van der Waals surface area contributed by atoms with E-state index in [1.165, 1.54) is 0 Å². The van der Waals surface area contributed by atoms with Gasteiger partial charge in [-0.15, -0.1) is 0 Å². The summed E-state index contributed by atoms with van der Waals surface area (Å²) in [6.07, 6.45) is 4.69. The van der Waals surface area contributed by atoms with Gasteiger partial charge in [0.25, 0.3) is 5.91 Å². The molecule has 0 aliphatic carbocycles. The molecule has 7 heteroatoms. The fourth-order valence-electron chi connectivity index (χ4n) is 1.88. The third-order valence-corrected chi connectivity index (χ3v) is 3.53. The van der Waals surface area contributed by atoms with E-state index < -0.39 is 0 Å². The van der Waals surface area contributed by atoms with Crippen LogP contribution in [0, 0.1) is 0 Å². The molecule has 0 aliphatic rings. The van der Waals surface area contributed by atoms with Crippen molar-refractivity contribution in [2.45, 2.75) is 0 Å². The minimum atomic E-state index is -0.317. The van der Waals surface area contributed by atoms with E-state index in [1.54, 1.807) is 42.9 Å². The van der Waals surface area contributed by atoms with Gasteiger partial charge in [-0.05, 0) is 34.1 Å². The van der Waals surface area contributed by atoms with Crippen LogP contribution in [0.25, 0.3) is 11.0 Å². The van der Waals surface area contributed by atoms with Gasteiger partial charge in [-0.3, -0.25) is 14.8 Å². The molecule has 0 atom stereocenters. The zero-order valence-corrected chi connectivity index (χ0v) is 12.9. The van der Waals surface area contributed by atoms with Crippen molar-refractivity contribution in [1.82, 2.24) is 15.0 Å². The molecule has 0 radical (unpaired) electrons. The van der Waals surface area contributed by atoms with Crippen LogP contribution in [0.4, 0.5) is 5.69 Å². The minimum Gasteiger partial charge on any atom is -0.319 e. The Morgan fingerprint density at radius 2 is 2.00 bits per heavy atom. The van der Waals surface area contributed by atoms with Crippen LogP contribution in [0.3, 0.4) is 0 Å². The second-order valence-electron chi connectivity index (χ2n) is 4.18. The lowest BCUT2D eigenvalue weighted by atomic mass is 10.1. The van der Waals surface area contributed by atoms with Gasteiger partial charge in [0, 0.05) is 23.1 Å². The standard InChI is InChI=1S/C14H8BrClN4O/c15-8-6-11(13(16)19-7-8)20-14(21)9-2-1-3-10-12(9)18-5-4-17-10/h1-7H,(H,20,21). The largest absolute Gasteiger partial charge is 0.319 e. The number of hydrogen-bond donors (Lipinski definition) is 1. The van der Waals surface area contributed by atoms with Crippen LogP contribution in [0.1, 0.15) is 10.4 Å². The number of nitrogens with zero attached hydrogens (tertiary/aromatic N) is 3. The van der Waals surface area contributed by atoms with Gasteiger partial charge in [0.15, 0.2) is 5.15 Å². The van der Waals surface area contributed by atoms with Crippen molar-refractivity contribution in [3.05, 3.63) is 58.0 Å². The van der Waals surface area contributed by atoms with Crippen LogP contribution in [-0.4, -0.2) is 20.9 Å². The molecule has 0 spiro atoms. The summed E-state index contributed by atoms with van der Waals surface area (Å²) < 4.78 is 0.722. The zero-order valence-electron chi connectivity index (χ0n) is 10.5. The number of hydrogen-bond acceptors (Lipinski definition) is 4. The highest BCUT2D eigenvalue weighted by molar-refractivity contribution is 9.10. The first-order valence-corrected chi connectivity index (χ1v) is 7.14. The molecule has 21 heavy (non-hydrogen) atoms. The van der Waals surface area contributed by atoms with Gasteiger partial charge in [-0.1, -0.05) is 17.7 Å². The highest BCUT2D eigenvalue weighted by Gasteiger charge is 2.13. The van der Waals surface area contributed by atoms with Crippen LogP contribution in [-0.2, 0) is 0 Å². The molecule has 0 saturated carbocycles. The third kappa shape index (κ3) is 2.86. The molecule has 0 aliphatic heterocycles. The van der Waals surface area contributed by atoms with E-state index in [1.807, 2.05) is 0 Å². The number of para-hydroxylation sites is 1. The molecule has 0 fully saturated rings. The summed E-state index contributed by atoms with van der Waals surface area (Å²) in [5.41, 5.74) is 2.05. The summed E-state index contributed by atoms with van der Waals surface area (Å²) in [5.74, 6) is -0.317. The van der Waals surface area contributed by atoms with Crippen LogP contribution in [0.15, 0.2) is 47.3 Å². The van der Waals surface area contributed by atoms with Gasteiger partial charge in [-0.25, -0.2) is 4.98 Å². The maximum atomic E-state index is 12.4. The molecule has 2 aromatic heterocycles. The average Bonchev–Trinajstić information content (AvgIpc) is 2.50. The van der Waals surface area contributed by atoms with Crippen molar-refractivity contribution in [2.24, 2.45) is 0 Å². The predicted octanol–water partition coefficient (Wildman–Crippen LogP) is 3.69. The molecular weight excluding hydrogens is 356 g/mol. The topological polar surface area (TPSA) is 67.8 Å². The summed E-state index contributed by atoms with van der Waals surface area (Å²) in [4.78, 5) is 24.8. The van der Waals surface area contributed by atoms with E-state index >= 15 is 0 Å². The Morgan fingerprint density at radius 3 is 2.86 bits per heavy atom. The number of pyridine rings is 1. The summed E-state index contributed by atoms with van der Waals surface area (Å²) in [6.45, 7) is 0. The Morgan fingerprint density at radius 1 is 1.19 bits per heavy atom. The van der Waals surface area contributed by atoms with Crippen molar-refractivity contribution in [1.29, 1.82) is 0 Å². The number of benzene rings is 1. The molecule has 0 unspecified atom stereocenters. The maximum absolute atomic E-state index is 12.4. The monoisotopic (exact) mass is 362 g/mol. The molecule has 5 nitrogen and oxygen atoms in total. The molecule has 3 rings (SSSR count). The second kappa shape index (κ2) is 5.75. The van der Waals surface area contributed by atoms with E-state index in [4.69, 9.17) is 11.6 Å². The van der Waals surface area contributed by atoms with Crippen LogP contribution in [0.5, 0.6) is 0 Å². The molecule has 0 bridgehead atoms. The van der Waals surface area contributed by atoms with Crippen molar-refractivity contribution >= 4 is 50.2 Å². The molecule has 104 valence electrons. The fraction of sp³-hybridized carbons (Fsp3) is 0. The predicted molar refractivity (Wildman–Crippen MR) is 84.4 cm³/mol. The fourth-order valence-corrected chi connectivity index (χ4v) is 2.36. The van der Waals surface area contributed by atoms with Crippen molar-refractivity contribution in [2.75, 3.05) is 5.32 Å². The first-order valence-electron chi connectivity index (χ1n) is 5.97. The van der Waals surface area contributed by atoms with Gasteiger partial charge in [0.05, 0.1) is 16.8 Å².